The lowest BCUT2D eigenvalue weighted by atomic mass is 10.2. The van der Waals surface area contributed by atoms with E-state index in [-0.39, 0.29) is 17.4 Å². The van der Waals surface area contributed by atoms with Gasteiger partial charge in [-0.05, 0) is 41.1 Å². The van der Waals surface area contributed by atoms with E-state index < -0.39 is 10.0 Å². The second kappa shape index (κ2) is 5.69. The molecule has 1 aromatic rings. The topological polar surface area (TPSA) is 87.2 Å². The number of anilines is 1. The lowest BCUT2D eigenvalue weighted by molar-refractivity contribution is 0.439. The van der Waals surface area contributed by atoms with E-state index in [0.717, 1.165) is 0 Å². The van der Waals surface area contributed by atoms with Gasteiger partial charge in [0.2, 0.25) is 10.0 Å². The molecule has 0 radical (unpaired) electrons. The summed E-state index contributed by atoms with van der Waals surface area (Å²) in [6, 6.07) is 6.43. The van der Waals surface area contributed by atoms with Crippen LogP contribution in [-0.4, -0.2) is 26.3 Å². The summed E-state index contributed by atoms with van der Waals surface area (Å²) >= 11 is 3.19. The summed E-state index contributed by atoms with van der Waals surface area (Å²) in [5, 5.41) is 8.70. The highest BCUT2D eigenvalue weighted by atomic mass is 79.9. The van der Waals surface area contributed by atoms with Crippen LogP contribution in [0.4, 0.5) is 5.69 Å². The molecule has 18 heavy (non-hydrogen) atoms. The van der Waals surface area contributed by atoms with Gasteiger partial charge in [-0.2, -0.15) is 9.57 Å². The quantitative estimate of drug-likeness (QED) is 0.852. The summed E-state index contributed by atoms with van der Waals surface area (Å²) in [6.07, 6.45) is 0. The molecule has 0 spiro atoms. The maximum Gasteiger partial charge on any atom is 0.242 e. The molecular weight excluding hydrogens is 318 g/mol. The molecule has 0 heterocycles. The molecule has 5 nitrogen and oxygen atoms in total. The van der Waals surface area contributed by atoms with E-state index in [4.69, 9.17) is 11.0 Å². The van der Waals surface area contributed by atoms with Crippen molar-refractivity contribution in [1.82, 2.24) is 4.31 Å². The fourth-order valence-electron chi connectivity index (χ4n) is 1.37. The maximum absolute atomic E-state index is 12.2. The number of rotatable bonds is 4. The predicted molar refractivity (Wildman–Crippen MR) is 73.1 cm³/mol. The number of nitrogen functional groups attached to an aromatic ring is 1. The third kappa shape index (κ3) is 3.22. The first-order valence-corrected chi connectivity index (χ1v) is 7.43. The van der Waals surface area contributed by atoms with Crippen molar-refractivity contribution < 1.29 is 8.42 Å². The third-order valence-corrected chi connectivity index (χ3v) is 4.94. The number of halogens is 1. The van der Waals surface area contributed by atoms with Crippen LogP contribution in [0.1, 0.15) is 6.92 Å². The highest BCUT2D eigenvalue weighted by molar-refractivity contribution is 9.10. The SMILES string of the molecule is CC(C#N)CN(C)S(=O)(=O)c1ccc(N)c(Br)c1. The van der Waals surface area contributed by atoms with Crippen molar-refractivity contribution in [1.29, 1.82) is 5.26 Å². The first-order valence-electron chi connectivity index (χ1n) is 5.20. The van der Waals surface area contributed by atoms with Gasteiger partial charge in [0.1, 0.15) is 0 Å². The van der Waals surface area contributed by atoms with Gasteiger partial charge < -0.3 is 5.73 Å². The molecule has 0 aromatic heterocycles. The highest BCUT2D eigenvalue weighted by Gasteiger charge is 2.22. The Bertz CT molecular complexity index is 580. The molecule has 0 bridgehead atoms. The van der Waals surface area contributed by atoms with Crippen LogP contribution in [0.25, 0.3) is 0 Å². The monoisotopic (exact) mass is 331 g/mol. The molecule has 0 saturated heterocycles. The van der Waals surface area contributed by atoms with Crippen molar-refractivity contribution in [2.24, 2.45) is 5.92 Å². The summed E-state index contributed by atoms with van der Waals surface area (Å²) in [4.78, 5) is 0.149. The van der Waals surface area contributed by atoms with Crippen molar-refractivity contribution in [2.45, 2.75) is 11.8 Å². The molecule has 2 N–H and O–H groups in total. The standard InChI is InChI=1S/C11H14BrN3O2S/c1-8(6-13)7-15(2)18(16,17)9-3-4-11(14)10(12)5-9/h3-5,8H,7,14H2,1-2H3. The van der Waals surface area contributed by atoms with E-state index in [1.165, 1.54) is 29.6 Å². The average molecular weight is 332 g/mol. The van der Waals surface area contributed by atoms with Crippen molar-refractivity contribution in [2.75, 3.05) is 19.3 Å². The van der Waals surface area contributed by atoms with Crippen LogP contribution < -0.4 is 5.73 Å². The Balaban J connectivity index is 3.06. The second-order valence-corrected chi connectivity index (χ2v) is 6.90. The minimum absolute atomic E-state index is 0.149. The Morgan fingerprint density at radius 1 is 1.56 bits per heavy atom. The van der Waals surface area contributed by atoms with Crippen molar-refractivity contribution in [3.8, 4) is 6.07 Å². The third-order valence-electron chi connectivity index (χ3n) is 2.43. The zero-order valence-electron chi connectivity index (χ0n) is 10.1. The van der Waals surface area contributed by atoms with Gasteiger partial charge in [0.15, 0.2) is 0 Å². The zero-order valence-corrected chi connectivity index (χ0v) is 12.5. The Kier molecular flexibility index (Phi) is 4.73. The van der Waals surface area contributed by atoms with Crippen molar-refractivity contribution in [3.63, 3.8) is 0 Å². The van der Waals surface area contributed by atoms with Gasteiger partial charge in [0.05, 0.1) is 16.9 Å². The van der Waals surface area contributed by atoms with Crippen LogP contribution in [0.15, 0.2) is 27.6 Å². The number of hydrogen-bond acceptors (Lipinski definition) is 4. The Morgan fingerprint density at radius 3 is 2.67 bits per heavy atom. The Morgan fingerprint density at radius 2 is 2.17 bits per heavy atom. The number of nitriles is 1. The normalized spacial score (nSPS) is 13.3. The van der Waals surface area contributed by atoms with Crippen LogP contribution in [0, 0.1) is 17.2 Å². The van der Waals surface area contributed by atoms with E-state index in [9.17, 15) is 8.42 Å². The summed E-state index contributed by atoms with van der Waals surface area (Å²) in [7, 11) is -2.13. The van der Waals surface area contributed by atoms with Crippen LogP contribution in [0.3, 0.4) is 0 Å². The number of hydrogen-bond donors (Lipinski definition) is 1. The summed E-state index contributed by atoms with van der Waals surface area (Å²) < 4.78 is 26.1. The van der Waals surface area contributed by atoms with Gasteiger partial charge in [0, 0.05) is 23.8 Å². The molecule has 0 saturated carbocycles. The van der Waals surface area contributed by atoms with E-state index in [0.29, 0.717) is 10.2 Å². The first-order chi connectivity index (χ1) is 8.28. The van der Waals surface area contributed by atoms with Gasteiger partial charge in [-0.1, -0.05) is 0 Å². The molecule has 0 fully saturated rings. The van der Waals surface area contributed by atoms with Crippen LogP contribution in [0.2, 0.25) is 0 Å². The number of sulfonamides is 1. The average Bonchev–Trinajstić information content (AvgIpc) is 2.32. The molecule has 0 aliphatic carbocycles. The smallest absolute Gasteiger partial charge is 0.242 e. The Labute approximate surface area is 115 Å². The van der Waals surface area contributed by atoms with Crippen LogP contribution in [0.5, 0.6) is 0 Å². The van der Waals surface area contributed by atoms with Gasteiger partial charge >= 0.3 is 0 Å². The number of benzene rings is 1. The summed E-state index contributed by atoms with van der Waals surface area (Å²) in [5.41, 5.74) is 6.09. The molecule has 7 heteroatoms. The first kappa shape index (κ1) is 15.0. The van der Waals surface area contributed by atoms with E-state index in [1.807, 2.05) is 6.07 Å². The van der Waals surface area contributed by atoms with Crippen molar-refractivity contribution in [3.05, 3.63) is 22.7 Å². The fraction of sp³-hybridized carbons (Fsp3) is 0.364. The predicted octanol–water partition coefficient (Wildman–Crippen LogP) is 1.81. The molecule has 0 aliphatic heterocycles. The molecule has 98 valence electrons. The van der Waals surface area contributed by atoms with Gasteiger partial charge in [-0.3, -0.25) is 0 Å². The van der Waals surface area contributed by atoms with Gasteiger partial charge in [0.25, 0.3) is 0 Å². The molecule has 1 atom stereocenters. The van der Waals surface area contributed by atoms with Crippen LogP contribution in [-0.2, 0) is 10.0 Å². The minimum atomic E-state index is -3.59. The minimum Gasteiger partial charge on any atom is -0.398 e. The van der Waals surface area contributed by atoms with E-state index >= 15 is 0 Å². The van der Waals surface area contributed by atoms with E-state index in [2.05, 4.69) is 15.9 Å². The van der Waals surface area contributed by atoms with Gasteiger partial charge in [-0.25, -0.2) is 8.42 Å². The van der Waals surface area contributed by atoms with E-state index in [1.54, 1.807) is 6.92 Å². The molecule has 0 aliphatic rings. The lowest BCUT2D eigenvalue weighted by Crippen LogP contribution is -2.30. The Hall–Kier alpha value is -1.10. The number of nitrogens with two attached hydrogens (primary N) is 1. The molecule has 1 aromatic carbocycles. The number of nitrogens with zero attached hydrogens (tertiary/aromatic N) is 2. The zero-order chi connectivity index (χ0) is 13.9. The molecule has 1 rings (SSSR count). The second-order valence-electron chi connectivity index (χ2n) is 4.00. The van der Waals surface area contributed by atoms with Crippen LogP contribution >= 0.6 is 15.9 Å². The fourth-order valence-corrected chi connectivity index (χ4v) is 3.19. The molecule has 0 amide bonds. The lowest BCUT2D eigenvalue weighted by Gasteiger charge is -2.18. The van der Waals surface area contributed by atoms with Crippen molar-refractivity contribution >= 4 is 31.6 Å². The molecular formula is C11H14BrN3O2S. The largest absolute Gasteiger partial charge is 0.398 e. The summed E-state index contributed by atoms with van der Waals surface area (Å²) in [6.45, 7) is 1.83. The van der Waals surface area contributed by atoms with Gasteiger partial charge in [-0.15, -0.1) is 0 Å². The molecule has 1 unspecified atom stereocenters. The maximum atomic E-state index is 12.2. The highest BCUT2D eigenvalue weighted by Crippen LogP contribution is 2.24. The summed E-state index contributed by atoms with van der Waals surface area (Å²) in [5.74, 6) is -0.359.